The van der Waals surface area contributed by atoms with Crippen molar-refractivity contribution in [3.05, 3.63) is 42.1 Å². The van der Waals surface area contributed by atoms with Crippen molar-refractivity contribution in [2.75, 3.05) is 62.2 Å². The van der Waals surface area contributed by atoms with Crippen molar-refractivity contribution in [2.24, 2.45) is 0 Å². The maximum Gasteiger partial charge on any atom is 0.247 e. The second-order valence-corrected chi connectivity index (χ2v) is 6.99. The zero-order valence-corrected chi connectivity index (χ0v) is 15.4. The van der Waals surface area contributed by atoms with E-state index in [9.17, 15) is 4.79 Å². The Labute approximate surface area is 159 Å². The van der Waals surface area contributed by atoms with Crippen LogP contribution < -0.4 is 9.80 Å². The van der Waals surface area contributed by atoms with E-state index >= 15 is 0 Å². The maximum atomic E-state index is 10.9. The predicted octanol–water partition coefficient (Wildman–Crippen LogP) is 0.472. The number of nitrogens with zero attached hydrogens (tertiary/aromatic N) is 7. The van der Waals surface area contributed by atoms with Gasteiger partial charge in [-0.1, -0.05) is 30.3 Å². The Balaban J connectivity index is 1.34. The number of hydrogen-bond acceptors (Lipinski definition) is 7. The summed E-state index contributed by atoms with van der Waals surface area (Å²) in [6.07, 6.45) is 2.65. The monoisotopic (exact) mass is 367 g/mol. The fourth-order valence-corrected chi connectivity index (χ4v) is 3.58. The summed E-state index contributed by atoms with van der Waals surface area (Å²) in [6, 6.07) is 10.6. The Morgan fingerprint density at radius 2 is 1.59 bits per heavy atom. The Bertz CT molecular complexity index is 741. The van der Waals surface area contributed by atoms with Gasteiger partial charge in [0, 0.05) is 58.9 Å². The highest BCUT2D eigenvalue weighted by molar-refractivity contribution is 5.49. The molecule has 0 unspecified atom stereocenters. The van der Waals surface area contributed by atoms with Crippen molar-refractivity contribution < 1.29 is 4.79 Å². The third-order valence-corrected chi connectivity index (χ3v) is 5.23. The van der Waals surface area contributed by atoms with Gasteiger partial charge in [0.2, 0.25) is 12.4 Å². The number of piperazine rings is 2. The van der Waals surface area contributed by atoms with E-state index in [1.807, 2.05) is 0 Å². The van der Waals surface area contributed by atoms with E-state index in [1.165, 1.54) is 5.56 Å². The molecule has 27 heavy (non-hydrogen) atoms. The first-order valence-corrected chi connectivity index (χ1v) is 9.47. The fraction of sp³-hybridized carbons (Fsp3) is 0.474. The lowest BCUT2D eigenvalue weighted by atomic mass is 10.2. The van der Waals surface area contributed by atoms with Gasteiger partial charge in [-0.2, -0.15) is 10.1 Å². The average Bonchev–Trinajstić information content (AvgIpc) is 2.75. The molecule has 0 aliphatic carbocycles. The summed E-state index contributed by atoms with van der Waals surface area (Å²) >= 11 is 0. The molecule has 3 heterocycles. The zero-order valence-electron chi connectivity index (χ0n) is 15.4. The highest BCUT2D eigenvalue weighted by Gasteiger charge is 2.22. The topological polar surface area (TPSA) is 68.7 Å². The molecule has 2 saturated heterocycles. The van der Waals surface area contributed by atoms with E-state index in [4.69, 9.17) is 4.98 Å². The van der Waals surface area contributed by atoms with Gasteiger partial charge in [-0.15, -0.1) is 5.10 Å². The lowest BCUT2D eigenvalue weighted by Gasteiger charge is -2.36. The van der Waals surface area contributed by atoms with Gasteiger partial charge in [-0.25, -0.2) is 0 Å². The number of carbonyl (C=O) groups is 1. The molecule has 0 radical (unpaired) electrons. The van der Waals surface area contributed by atoms with Crippen molar-refractivity contribution in [3.8, 4) is 0 Å². The molecule has 1 aromatic carbocycles. The number of amides is 1. The van der Waals surface area contributed by atoms with Crippen LogP contribution in [0.1, 0.15) is 5.56 Å². The van der Waals surface area contributed by atoms with E-state index in [0.717, 1.165) is 58.0 Å². The van der Waals surface area contributed by atoms with Crippen molar-refractivity contribution in [2.45, 2.75) is 6.54 Å². The molecular weight excluding hydrogens is 342 g/mol. The standard InChI is InChI=1S/C19H25N7O/c27-16-24-8-12-26(13-9-24)19-21-18(14-20-22-19)25-10-6-23(7-11-25)15-17-4-2-1-3-5-17/h1-5,14,16H,6-13,15H2. The number of benzene rings is 1. The van der Waals surface area contributed by atoms with Crippen LogP contribution in [-0.4, -0.2) is 83.7 Å². The van der Waals surface area contributed by atoms with E-state index < -0.39 is 0 Å². The molecule has 2 aromatic rings. The van der Waals surface area contributed by atoms with Crippen LogP contribution in [0.15, 0.2) is 36.5 Å². The third-order valence-electron chi connectivity index (χ3n) is 5.23. The van der Waals surface area contributed by atoms with Crippen LogP contribution in [0.25, 0.3) is 0 Å². The summed E-state index contributed by atoms with van der Waals surface area (Å²) in [5, 5.41) is 8.37. The van der Waals surface area contributed by atoms with Gasteiger partial charge in [0.1, 0.15) is 0 Å². The molecule has 0 saturated carbocycles. The first kappa shape index (κ1) is 17.7. The van der Waals surface area contributed by atoms with Gasteiger partial charge in [0.25, 0.3) is 0 Å². The number of rotatable bonds is 5. The number of carbonyl (C=O) groups excluding carboxylic acids is 1. The molecule has 0 spiro atoms. The molecule has 0 bridgehead atoms. The zero-order chi connectivity index (χ0) is 18.5. The quantitative estimate of drug-likeness (QED) is 0.712. The van der Waals surface area contributed by atoms with Gasteiger partial charge in [-0.3, -0.25) is 9.69 Å². The van der Waals surface area contributed by atoms with Gasteiger partial charge in [0.05, 0.1) is 6.20 Å². The number of anilines is 2. The largest absolute Gasteiger partial charge is 0.353 e. The third kappa shape index (κ3) is 4.33. The second-order valence-electron chi connectivity index (χ2n) is 6.99. The molecule has 2 fully saturated rings. The summed E-state index contributed by atoms with van der Waals surface area (Å²) in [4.78, 5) is 24.2. The van der Waals surface area contributed by atoms with Crippen LogP contribution in [0, 0.1) is 0 Å². The summed E-state index contributed by atoms with van der Waals surface area (Å²) < 4.78 is 0. The van der Waals surface area contributed by atoms with E-state index in [1.54, 1.807) is 11.1 Å². The average molecular weight is 367 g/mol. The van der Waals surface area contributed by atoms with Gasteiger partial charge < -0.3 is 14.7 Å². The molecule has 1 aromatic heterocycles. The minimum absolute atomic E-state index is 0.657. The summed E-state index contributed by atoms with van der Waals surface area (Å²) in [7, 11) is 0. The summed E-state index contributed by atoms with van der Waals surface area (Å²) in [5.41, 5.74) is 1.35. The van der Waals surface area contributed by atoms with Crippen LogP contribution in [0.5, 0.6) is 0 Å². The molecule has 8 nitrogen and oxygen atoms in total. The Kier molecular flexibility index (Phi) is 5.43. The lowest BCUT2D eigenvalue weighted by Crippen LogP contribution is -2.47. The SMILES string of the molecule is O=CN1CCN(c2nncc(N3CCN(Cc4ccccc4)CC3)n2)CC1. The molecule has 4 rings (SSSR count). The van der Waals surface area contributed by atoms with Crippen LogP contribution in [0.3, 0.4) is 0 Å². The Morgan fingerprint density at radius 1 is 0.889 bits per heavy atom. The van der Waals surface area contributed by atoms with Crippen LogP contribution in [0.4, 0.5) is 11.8 Å². The smallest absolute Gasteiger partial charge is 0.247 e. The first-order valence-electron chi connectivity index (χ1n) is 9.47. The fourth-order valence-electron chi connectivity index (χ4n) is 3.58. The Morgan fingerprint density at radius 3 is 2.30 bits per heavy atom. The van der Waals surface area contributed by atoms with Crippen molar-refractivity contribution in [1.82, 2.24) is 25.0 Å². The molecule has 2 aliphatic heterocycles. The first-order chi connectivity index (χ1) is 13.3. The summed E-state index contributed by atoms with van der Waals surface area (Å²) in [5.74, 6) is 1.54. The van der Waals surface area contributed by atoms with Crippen molar-refractivity contribution >= 4 is 18.2 Å². The van der Waals surface area contributed by atoms with Crippen molar-refractivity contribution in [1.29, 1.82) is 0 Å². The molecule has 0 N–H and O–H groups in total. The maximum absolute atomic E-state index is 10.9. The highest BCUT2D eigenvalue weighted by atomic mass is 16.1. The number of aromatic nitrogens is 3. The van der Waals surface area contributed by atoms with Crippen LogP contribution in [0.2, 0.25) is 0 Å². The molecule has 0 atom stereocenters. The number of hydrogen-bond donors (Lipinski definition) is 0. The van der Waals surface area contributed by atoms with Gasteiger partial charge in [-0.05, 0) is 5.56 Å². The van der Waals surface area contributed by atoms with E-state index in [0.29, 0.717) is 19.0 Å². The lowest BCUT2D eigenvalue weighted by molar-refractivity contribution is -0.118. The minimum atomic E-state index is 0.657. The normalized spacial score (nSPS) is 18.6. The van der Waals surface area contributed by atoms with E-state index in [2.05, 4.69) is 55.2 Å². The van der Waals surface area contributed by atoms with Crippen LogP contribution >= 0.6 is 0 Å². The highest BCUT2D eigenvalue weighted by Crippen LogP contribution is 2.17. The Hall–Kier alpha value is -2.74. The summed E-state index contributed by atoms with van der Waals surface area (Å²) in [6.45, 7) is 7.77. The van der Waals surface area contributed by atoms with Gasteiger partial charge in [0.15, 0.2) is 5.82 Å². The van der Waals surface area contributed by atoms with Crippen molar-refractivity contribution in [3.63, 3.8) is 0 Å². The van der Waals surface area contributed by atoms with Gasteiger partial charge >= 0.3 is 0 Å². The van der Waals surface area contributed by atoms with Crippen LogP contribution in [-0.2, 0) is 11.3 Å². The molecule has 2 aliphatic rings. The predicted molar refractivity (Wildman–Crippen MR) is 104 cm³/mol. The molecular formula is C19H25N7O. The minimum Gasteiger partial charge on any atom is -0.353 e. The molecule has 142 valence electrons. The van der Waals surface area contributed by atoms with E-state index in [-0.39, 0.29) is 0 Å². The molecule has 8 heteroatoms. The molecule has 1 amide bonds. The second kappa shape index (κ2) is 8.30.